The first kappa shape index (κ1) is 25.1. The molecule has 3 rings (SSSR count). The highest BCUT2D eigenvalue weighted by Crippen LogP contribution is 2.26. The van der Waals surface area contributed by atoms with Gasteiger partial charge in [0, 0.05) is 11.5 Å². The highest BCUT2D eigenvalue weighted by molar-refractivity contribution is 4.96. The molecule has 0 aromatic carbocycles. The molecular formula is C23H43N3O3. The van der Waals surface area contributed by atoms with E-state index in [1.807, 2.05) is 0 Å². The van der Waals surface area contributed by atoms with E-state index < -0.39 is 0 Å². The monoisotopic (exact) mass is 409 g/mol. The number of hydrogen-bond donors (Lipinski definition) is 2. The van der Waals surface area contributed by atoms with Crippen LogP contribution in [0, 0.1) is 10.8 Å². The van der Waals surface area contributed by atoms with Gasteiger partial charge < -0.3 is 29.7 Å². The zero-order valence-corrected chi connectivity index (χ0v) is 19.9. The zero-order valence-electron chi connectivity index (χ0n) is 19.9. The van der Waals surface area contributed by atoms with Gasteiger partial charge in [0.2, 0.25) is 0 Å². The van der Waals surface area contributed by atoms with Crippen LogP contribution in [0.15, 0.2) is 37.4 Å². The second-order valence-corrected chi connectivity index (χ2v) is 10.1. The molecule has 0 spiro atoms. The lowest BCUT2D eigenvalue weighted by molar-refractivity contribution is 0.0701. The molecule has 0 aliphatic carbocycles. The Bertz CT molecular complexity index is 537. The van der Waals surface area contributed by atoms with E-state index in [-0.39, 0.29) is 16.9 Å². The molecule has 0 bridgehead atoms. The Kier molecular flexibility index (Phi) is 8.79. The van der Waals surface area contributed by atoms with Crippen LogP contribution in [0.3, 0.4) is 0 Å². The second-order valence-electron chi connectivity index (χ2n) is 10.1. The molecule has 168 valence electrons. The highest BCUT2D eigenvalue weighted by Gasteiger charge is 2.31. The van der Waals surface area contributed by atoms with E-state index in [0.717, 1.165) is 32.2 Å². The van der Waals surface area contributed by atoms with E-state index in [0.29, 0.717) is 23.8 Å². The van der Waals surface area contributed by atoms with Crippen molar-refractivity contribution in [2.24, 2.45) is 10.8 Å². The van der Waals surface area contributed by atoms with Crippen molar-refractivity contribution in [3.05, 3.63) is 37.4 Å². The summed E-state index contributed by atoms with van der Waals surface area (Å²) in [6.07, 6.45) is 0.278. The SMILES string of the molecule is C=C1NC(C(C)(C)C)CO1.C=C1NCC(C(C)(C)C)O1.C=C1OCCN1C(C)C. The van der Waals surface area contributed by atoms with Crippen molar-refractivity contribution in [2.75, 3.05) is 26.3 Å². The Labute approximate surface area is 178 Å². The molecular weight excluding hydrogens is 366 g/mol. The molecule has 0 amide bonds. The summed E-state index contributed by atoms with van der Waals surface area (Å²) in [6.45, 7) is 31.9. The number of rotatable bonds is 1. The Morgan fingerprint density at radius 3 is 1.79 bits per heavy atom. The molecule has 3 saturated heterocycles. The van der Waals surface area contributed by atoms with Crippen LogP contribution >= 0.6 is 0 Å². The van der Waals surface area contributed by atoms with Crippen LogP contribution in [-0.4, -0.2) is 49.4 Å². The van der Waals surface area contributed by atoms with E-state index >= 15 is 0 Å². The van der Waals surface area contributed by atoms with Gasteiger partial charge in [0.25, 0.3) is 0 Å². The summed E-state index contributed by atoms with van der Waals surface area (Å²) < 4.78 is 15.8. The molecule has 0 radical (unpaired) electrons. The number of nitrogens with one attached hydrogen (secondary N) is 2. The van der Waals surface area contributed by atoms with Crippen LogP contribution in [0.2, 0.25) is 0 Å². The second kappa shape index (κ2) is 10.2. The van der Waals surface area contributed by atoms with E-state index in [1.54, 1.807) is 0 Å². The summed E-state index contributed by atoms with van der Waals surface area (Å²) in [6, 6.07) is 0.944. The van der Waals surface area contributed by atoms with Crippen molar-refractivity contribution < 1.29 is 14.2 Å². The molecule has 2 unspecified atom stereocenters. The molecule has 0 aromatic heterocycles. The lowest BCUT2D eigenvalue weighted by Gasteiger charge is -2.24. The van der Waals surface area contributed by atoms with Crippen molar-refractivity contribution >= 4 is 0 Å². The minimum absolute atomic E-state index is 0.215. The van der Waals surface area contributed by atoms with E-state index in [4.69, 9.17) is 14.2 Å². The maximum absolute atomic E-state index is 5.42. The maximum Gasteiger partial charge on any atom is 0.182 e. The van der Waals surface area contributed by atoms with Gasteiger partial charge >= 0.3 is 0 Å². The van der Waals surface area contributed by atoms with Gasteiger partial charge in [-0.3, -0.25) is 0 Å². The first-order chi connectivity index (χ1) is 13.2. The minimum atomic E-state index is 0.215. The third kappa shape index (κ3) is 8.50. The molecule has 6 nitrogen and oxygen atoms in total. The Hall–Kier alpha value is -1.98. The summed E-state index contributed by atoms with van der Waals surface area (Å²) in [5.41, 5.74) is 0.478. The van der Waals surface area contributed by atoms with E-state index in [9.17, 15) is 0 Å². The van der Waals surface area contributed by atoms with Crippen molar-refractivity contribution in [1.82, 2.24) is 15.5 Å². The average Bonchev–Trinajstić information content (AvgIpc) is 3.28. The van der Waals surface area contributed by atoms with Gasteiger partial charge in [-0.1, -0.05) is 41.5 Å². The Balaban J connectivity index is 0.000000218. The van der Waals surface area contributed by atoms with Crippen LogP contribution in [-0.2, 0) is 14.2 Å². The van der Waals surface area contributed by atoms with Crippen molar-refractivity contribution in [3.8, 4) is 0 Å². The van der Waals surface area contributed by atoms with Crippen molar-refractivity contribution in [2.45, 2.75) is 73.6 Å². The van der Waals surface area contributed by atoms with Gasteiger partial charge in [-0.25, -0.2) is 0 Å². The first-order valence-electron chi connectivity index (χ1n) is 10.5. The molecule has 0 aromatic rings. The summed E-state index contributed by atoms with van der Waals surface area (Å²) >= 11 is 0. The Morgan fingerprint density at radius 2 is 1.59 bits per heavy atom. The van der Waals surface area contributed by atoms with Crippen LogP contribution in [0.25, 0.3) is 0 Å². The molecule has 3 heterocycles. The van der Waals surface area contributed by atoms with Gasteiger partial charge in [-0.15, -0.1) is 0 Å². The molecule has 2 N–H and O–H groups in total. The number of ether oxygens (including phenoxy) is 3. The van der Waals surface area contributed by atoms with Gasteiger partial charge in [-0.2, -0.15) is 0 Å². The lowest BCUT2D eigenvalue weighted by atomic mass is 9.88. The molecule has 29 heavy (non-hydrogen) atoms. The predicted octanol–water partition coefficient (Wildman–Crippen LogP) is 4.18. The number of hydrogen-bond acceptors (Lipinski definition) is 6. The fraction of sp³-hybridized carbons (Fsp3) is 0.739. The standard InChI is InChI=1S/2C8H15NO.C7H13NO/c1-6-9-7(5-10-6)8(2,3)4;1-6-9-5-7(10-6)8(2,3)4;1-6(2)8-4-5-9-7(8)3/h2*7,9H,1,5H2,2-4H3;6H,3-5H2,1-2H3. The average molecular weight is 410 g/mol. The van der Waals surface area contributed by atoms with Crippen LogP contribution in [0.1, 0.15) is 55.4 Å². The molecule has 3 aliphatic heterocycles. The lowest BCUT2D eigenvalue weighted by Crippen LogP contribution is -2.36. The van der Waals surface area contributed by atoms with Gasteiger partial charge in [0.05, 0.1) is 19.1 Å². The molecule has 3 aliphatic rings. The fourth-order valence-electron chi connectivity index (χ4n) is 2.89. The third-order valence-corrected chi connectivity index (χ3v) is 5.08. The van der Waals surface area contributed by atoms with E-state index in [1.165, 1.54) is 0 Å². The summed E-state index contributed by atoms with van der Waals surface area (Å²) in [7, 11) is 0. The van der Waals surface area contributed by atoms with Crippen molar-refractivity contribution in [1.29, 1.82) is 0 Å². The summed E-state index contributed by atoms with van der Waals surface area (Å²) in [4.78, 5) is 2.15. The first-order valence-corrected chi connectivity index (χ1v) is 10.5. The zero-order chi connectivity index (χ0) is 22.4. The number of nitrogens with zero attached hydrogens (tertiary/aromatic N) is 1. The molecule has 6 heteroatoms. The van der Waals surface area contributed by atoms with Crippen LogP contribution in [0.4, 0.5) is 0 Å². The van der Waals surface area contributed by atoms with Crippen LogP contribution < -0.4 is 10.6 Å². The smallest absolute Gasteiger partial charge is 0.182 e. The summed E-state index contributed by atoms with van der Waals surface area (Å²) in [5.74, 6) is 2.24. The van der Waals surface area contributed by atoms with Crippen LogP contribution in [0.5, 0.6) is 0 Å². The molecule has 2 atom stereocenters. The summed E-state index contributed by atoms with van der Waals surface area (Å²) in [5, 5.41) is 6.24. The third-order valence-electron chi connectivity index (χ3n) is 5.08. The normalized spacial score (nSPS) is 23.8. The fourth-order valence-corrected chi connectivity index (χ4v) is 2.89. The topological polar surface area (TPSA) is 55.0 Å². The van der Waals surface area contributed by atoms with Gasteiger partial charge in [0.1, 0.15) is 19.3 Å². The maximum atomic E-state index is 5.42. The predicted molar refractivity (Wildman–Crippen MR) is 120 cm³/mol. The van der Waals surface area contributed by atoms with Gasteiger partial charge in [-0.05, 0) is 39.0 Å². The largest absolute Gasteiger partial charge is 0.478 e. The van der Waals surface area contributed by atoms with Crippen molar-refractivity contribution in [3.63, 3.8) is 0 Å². The van der Waals surface area contributed by atoms with Gasteiger partial charge in [0.15, 0.2) is 17.6 Å². The highest BCUT2D eigenvalue weighted by atomic mass is 16.5. The quantitative estimate of drug-likeness (QED) is 0.678. The van der Waals surface area contributed by atoms with E-state index in [2.05, 4.69) is 90.7 Å². The molecule has 0 saturated carbocycles. The molecule has 3 fully saturated rings. The minimum Gasteiger partial charge on any atom is -0.478 e. The Morgan fingerprint density at radius 1 is 0.966 bits per heavy atom.